The van der Waals surface area contributed by atoms with E-state index >= 15 is 0 Å². The van der Waals surface area contributed by atoms with Crippen LogP contribution >= 0.6 is 0 Å². The number of carbonyl (C=O) groups is 4. The van der Waals surface area contributed by atoms with Gasteiger partial charge in [-0.15, -0.1) is 0 Å². The van der Waals surface area contributed by atoms with Crippen LogP contribution in [0.2, 0.25) is 0 Å². The van der Waals surface area contributed by atoms with E-state index in [1.54, 1.807) is 26.2 Å². The van der Waals surface area contributed by atoms with Gasteiger partial charge in [0.2, 0.25) is 11.8 Å². The van der Waals surface area contributed by atoms with E-state index in [2.05, 4.69) is 20.9 Å². The molecule has 0 bridgehead atoms. The number of hydrazine groups is 1. The third-order valence-corrected chi connectivity index (χ3v) is 4.35. The van der Waals surface area contributed by atoms with Gasteiger partial charge in [-0.2, -0.15) is 0 Å². The molecule has 0 aromatic rings. The first-order valence-electron chi connectivity index (χ1n) is 11.3. The molecule has 0 saturated heterocycles. The highest BCUT2D eigenvalue weighted by Crippen LogP contribution is 2.10. The molecule has 8 N–H and O–H groups in total. The lowest BCUT2D eigenvalue weighted by Crippen LogP contribution is -2.56. The van der Waals surface area contributed by atoms with Gasteiger partial charge >= 0.3 is 6.09 Å². The number of guanidine groups is 1. The average Bonchev–Trinajstić information content (AvgIpc) is 2.72. The van der Waals surface area contributed by atoms with Gasteiger partial charge in [0.15, 0.2) is 5.03 Å². The molecule has 0 aromatic carbocycles. The van der Waals surface area contributed by atoms with Crippen molar-refractivity contribution in [2.75, 3.05) is 6.54 Å². The van der Waals surface area contributed by atoms with Crippen molar-refractivity contribution in [3.8, 4) is 0 Å². The Labute approximate surface area is 209 Å². The Morgan fingerprint density at radius 2 is 1.64 bits per heavy atom. The first-order chi connectivity index (χ1) is 16.5. The largest absolute Gasteiger partial charge is 0.444 e. The zero-order chi connectivity index (χ0) is 28.1. The summed E-state index contributed by atoms with van der Waals surface area (Å²) < 4.78 is 5.19. The van der Waals surface area contributed by atoms with Crippen LogP contribution in [0.15, 0.2) is 4.99 Å². The maximum Gasteiger partial charge on any atom is 0.408 e. The highest BCUT2D eigenvalue weighted by atomic mass is 16.7. The monoisotopic (exact) mass is 518 g/mol. The molecular weight excluding hydrogens is 480 g/mol. The van der Waals surface area contributed by atoms with Gasteiger partial charge in [-0.25, -0.2) is 25.4 Å². The van der Waals surface area contributed by atoms with Gasteiger partial charge in [-0.05, 0) is 52.9 Å². The Bertz CT molecular complexity index is 812. The average molecular weight is 519 g/mol. The van der Waals surface area contributed by atoms with Crippen molar-refractivity contribution < 1.29 is 34.2 Å². The first kappa shape index (κ1) is 32.3. The number of hydrogen-bond acceptors (Lipinski definition) is 9. The molecule has 0 aliphatic rings. The van der Waals surface area contributed by atoms with Crippen molar-refractivity contribution in [2.24, 2.45) is 16.6 Å². The number of nitro groups is 1. The predicted molar refractivity (Wildman–Crippen MR) is 128 cm³/mol. The van der Waals surface area contributed by atoms with Crippen molar-refractivity contribution in [3.63, 3.8) is 0 Å². The lowest BCUT2D eigenvalue weighted by atomic mass is 10.0. The van der Waals surface area contributed by atoms with Gasteiger partial charge in [0.1, 0.15) is 23.7 Å². The van der Waals surface area contributed by atoms with Crippen molar-refractivity contribution in [1.82, 2.24) is 26.9 Å². The van der Waals surface area contributed by atoms with Gasteiger partial charge in [0, 0.05) is 6.54 Å². The maximum absolute atomic E-state index is 12.8. The van der Waals surface area contributed by atoms with Crippen molar-refractivity contribution in [1.29, 1.82) is 0 Å². The van der Waals surface area contributed by atoms with E-state index in [4.69, 9.17) is 15.7 Å². The van der Waals surface area contributed by atoms with E-state index in [1.165, 1.54) is 12.4 Å². The summed E-state index contributed by atoms with van der Waals surface area (Å²) in [6.45, 7) is 10.1. The molecule has 206 valence electrons. The molecule has 16 heteroatoms. The first-order valence-corrected chi connectivity index (χ1v) is 11.3. The van der Waals surface area contributed by atoms with Gasteiger partial charge in [-0.3, -0.25) is 19.6 Å². The molecule has 0 saturated carbocycles. The van der Waals surface area contributed by atoms with Crippen LogP contribution in [0.1, 0.15) is 60.8 Å². The smallest absolute Gasteiger partial charge is 0.408 e. The fraction of sp³-hybridized carbons (Fsp3) is 0.750. The molecule has 0 rings (SSSR count). The Kier molecular flexibility index (Phi) is 13.8. The number of ether oxygens (including phenoxy) is 1. The summed E-state index contributed by atoms with van der Waals surface area (Å²) in [5.41, 5.74) is 7.63. The van der Waals surface area contributed by atoms with Gasteiger partial charge < -0.3 is 26.4 Å². The summed E-state index contributed by atoms with van der Waals surface area (Å²) in [6, 6.07) is -3.25. The second kappa shape index (κ2) is 15.3. The van der Waals surface area contributed by atoms with E-state index in [9.17, 15) is 29.3 Å². The van der Waals surface area contributed by atoms with E-state index in [1.807, 2.05) is 13.8 Å². The molecule has 0 aliphatic carbocycles. The third kappa shape index (κ3) is 14.5. The van der Waals surface area contributed by atoms with Gasteiger partial charge in [-0.1, -0.05) is 19.3 Å². The minimum atomic E-state index is -1.19. The summed E-state index contributed by atoms with van der Waals surface area (Å²) in [7, 11) is 0. The summed E-state index contributed by atoms with van der Waals surface area (Å²) in [6.07, 6.45) is -0.319. The molecule has 3 atom stereocenters. The molecular formula is C20H38N8O8. The third-order valence-electron chi connectivity index (χ3n) is 4.35. The van der Waals surface area contributed by atoms with Crippen LogP contribution in [0, 0.1) is 16.0 Å². The van der Waals surface area contributed by atoms with Gasteiger partial charge in [0.25, 0.3) is 11.9 Å². The lowest BCUT2D eigenvalue weighted by molar-refractivity contribution is -0.525. The van der Waals surface area contributed by atoms with Crippen molar-refractivity contribution in [3.05, 3.63) is 10.1 Å². The summed E-state index contributed by atoms with van der Waals surface area (Å²) in [5, 5.41) is 25.8. The second-order valence-electron chi connectivity index (χ2n) is 9.37. The Hall–Kier alpha value is -3.69. The Morgan fingerprint density at radius 1 is 1.03 bits per heavy atom. The number of amides is 4. The number of hydrogen-bond donors (Lipinski definition) is 7. The standard InChI is InChI=1S/C20H38N8O8/c1-11(2)10-14(25-19(32)36-20(4,5)6)16(30)23-12(3)15(29)24-13(17(31)27-33)8-7-9-22-18(21)26-28(34)35/h11-14,33H,7-10H2,1-6H3,(H,23,30)(H,24,29)(H,25,32)(H,27,31)(H3,21,22,26)/t12-,13-,14-/m0/s1. The van der Waals surface area contributed by atoms with E-state index in [-0.39, 0.29) is 31.7 Å². The number of hydroxylamine groups is 1. The molecule has 0 aliphatic heterocycles. The van der Waals surface area contributed by atoms with Gasteiger partial charge in [0.05, 0.1) is 0 Å². The van der Waals surface area contributed by atoms with Crippen molar-refractivity contribution >= 4 is 29.8 Å². The molecule has 0 heterocycles. The van der Waals surface area contributed by atoms with E-state index < -0.39 is 58.5 Å². The fourth-order valence-electron chi connectivity index (χ4n) is 2.80. The van der Waals surface area contributed by atoms with E-state index in [0.717, 1.165) is 0 Å². The number of nitrogens with zero attached hydrogens (tertiary/aromatic N) is 2. The predicted octanol–water partition coefficient (Wildman–Crippen LogP) is -0.703. The van der Waals surface area contributed by atoms with Crippen LogP contribution in [-0.2, 0) is 19.1 Å². The number of aliphatic imine (C=N–C) groups is 1. The minimum absolute atomic E-state index is 0.00272. The lowest BCUT2D eigenvalue weighted by Gasteiger charge is -2.25. The Morgan fingerprint density at radius 3 is 2.14 bits per heavy atom. The van der Waals surface area contributed by atoms with E-state index in [0.29, 0.717) is 0 Å². The van der Waals surface area contributed by atoms with Crippen LogP contribution in [0.25, 0.3) is 0 Å². The van der Waals surface area contributed by atoms with Crippen molar-refractivity contribution in [2.45, 2.75) is 84.5 Å². The molecule has 4 amide bonds. The zero-order valence-electron chi connectivity index (χ0n) is 21.4. The highest BCUT2D eigenvalue weighted by Gasteiger charge is 2.29. The normalized spacial score (nSPS) is 14.2. The summed E-state index contributed by atoms with van der Waals surface area (Å²) >= 11 is 0. The summed E-state index contributed by atoms with van der Waals surface area (Å²) in [5.74, 6) is -2.65. The Balaban J connectivity index is 5.08. The summed E-state index contributed by atoms with van der Waals surface area (Å²) in [4.78, 5) is 63.4. The van der Waals surface area contributed by atoms with Crippen LogP contribution in [0.3, 0.4) is 0 Å². The van der Waals surface area contributed by atoms with Crippen LogP contribution in [-0.4, -0.2) is 70.3 Å². The molecule has 0 aromatic heterocycles. The topological polar surface area (TPSA) is 239 Å². The number of rotatable bonds is 13. The molecule has 0 unspecified atom stereocenters. The second-order valence-corrected chi connectivity index (χ2v) is 9.37. The minimum Gasteiger partial charge on any atom is -0.444 e. The molecule has 0 fully saturated rings. The SMILES string of the molecule is CC(C)C[C@H](NC(=O)OC(C)(C)C)C(=O)N[C@@H](C)C(=O)N[C@@H](CCCN=C(N)N[N+](=O)[O-])C(=O)NO. The maximum atomic E-state index is 12.8. The number of alkyl carbamates (subject to hydrolysis) is 1. The number of carbonyl (C=O) groups excluding carboxylic acids is 4. The zero-order valence-corrected chi connectivity index (χ0v) is 21.4. The molecule has 16 nitrogen and oxygen atoms in total. The molecule has 0 spiro atoms. The van der Waals surface area contributed by atoms with Crippen LogP contribution in [0.4, 0.5) is 4.79 Å². The van der Waals surface area contributed by atoms with Crippen LogP contribution < -0.4 is 32.6 Å². The highest BCUT2D eigenvalue weighted by molar-refractivity contribution is 5.93. The quantitative estimate of drug-likeness (QED) is 0.0403. The fourth-order valence-corrected chi connectivity index (χ4v) is 2.80. The number of nitrogens with one attached hydrogen (secondary N) is 5. The molecule has 0 radical (unpaired) electrons. The molecule has 36 heavy (non-hydrogen) atoms. The number of nitrogens with two attached hydrogens (primary N) is 1. The van der Waals surface area contributed by atoms with Crippen LogP contribution in [0.5, 0.6) is 0 Å².